The molecule has 2 aromatic rings. The van der Waals surface area contributed by atoms with Crippen molar-refractivity contribution in [2.24, 2.45) is 0 Å². The Morgan fingerprint density at radius 1 is 1.31 bits per heavy atom. The third-order valence-corrected chi connectivity index (χ3v) is 6.01. The Morgan fingerprint density at radius 3 is 2.74 bits per heavy atom. The van der Waals surface area contributed by atoms with Crippen molar-refractivity contribution in [1.82, 2.24) is 24.8 Å². The zero-order valence-corrected chi connectivity index (χ0v) is 20.2. The number of aromatic amines is 1. The molecular formula is C19H31N6O9P. The van der Waals surface area contributed by atoms with E-state index in [1.54, 1.807) is 6.92 Å². The van der Waals surface area contributed by atoms with Gasteiger partial charge in [0.15, 0.2) is 17.4 Å². The number of carbonyl (C=O) groups excluding carboxylic acids is 1. The van der Waals surface area contributed by atoms with E-state index in [9.17, 15) is 24.4 Å². The second kappa shape index (κ2) is 11.6. The summed E-state index contributed by atoms with van der Waals surface area (Å²) < 4.78 is 22.0. The standard InChI is InChI=1S/C19H31N6O9P/c1-3-4-5-6-7-20-16(28)10(2)22-19-23-15-12(17(29)24-19)21-9-25(15)18-14(27)13(26)11(34-18)8-33-35(30,31)32/h9-11,13-14,18,26-27H,3-8H2,1-2H3,(H,20,28)(H2,30,31,32)(H2,22,23,24,29)/t10-,11+,13+,14+,18+/m0/s1. The number of phosphoric acid groups is 1. The lowest BCUT2D eigenvalue weighted by molar-refractivity contribution is -0.121. The SMILES string of the molecule is CCCCCCNC(=O)[C@H](C)Nc1nc2c(ncn2[C@@H]2O[C@H](COP(=O)(O)O)[C@@H](O)[C@H]2O)c(=O)[nH]1. The monoisotopic (exact) mass is 518 g/mol. The Bertz CT molecular complexity index is 1120. The molecular weight excluding hydrogens is 487 g/mol. The average Bonchev–Trinajstić information content (AvgIpc) is 3.33. The predicted molar refractivity (Wildman–Crippen MR) is 122 cm³/mol. The van der Waals surface area contributed by atoms with Gasteiger partial charge in [-0.1, -0.05) is 26.2 Å². The highest BCUT2D eigenvalue weighted by molar-refractivity contribution is 7.46. The number of amides is 1. The molecule has 1 saturated heterocycles. The fraction of sp³-hybridized carbons (Fsp3) is 0.684. The second-order valence-electron chi connectivity index (χ2n) is 8.29. The molecule has 3 rings (SSSR count). The lowest BCUT2D eigenvalue weighted by Gasteiger charge is -2.17. The van der Waals surface area contributed by atoms with Crippen molar-refractivity contribution in [3.8, 4) is 0 Å². The van der Waals surface area contributed by atoms with Crippen LogP contribution < -0.4 is 16.2 Å². The number of aliphatic hydroxyl groups is 2. The molecule has 1 fully saturated rings. The van der Waals surface area contributed by atoms with Gasteiger partial charge in [-0.3, -0.25) is 23.7 Å². The molecule has 0 saturated carbocycles. The van der Waals surface area contributed by atoms with E-state index in [4.69, 9.17) is 14.5 Å². The number of aliphatic hydroxyl groups excluding tert-OH is 2. The highest BCUT2D eigenvalue weighted by Crippen LogP contribution is 2.38. The number of imidazole rings is 1. The Labute approximate surface area is 200 Å². The minimum atomic E-state index is -4.82. The van der Waals surface area contributed by atoms with E-state index in [1.165, 1.54) is 10.9 Å². The molecule has 0 aliphatic carbocycles. The molecule has 15 nitrogen and oxygen atoms in total. The van der Waals surface area contributed by atoms with Crippen molar-refractivity contribution < 1.29 is 38.6 Å². The van der Waals surface area contributed by atoms with E-state index < -0.39 is 50.6 Å². The zero-order valence-electron chi connectivity index (χ0n) is 19.3. The van der Waals surface area contributed by atoms with Gasteiger partial charge in [0.25, 0.3) is 5.56 Å². The summed E-state index contributed by atoms with van der Waals surface area (Å²) in [7, 11) is -4.82. The maximum atomic E-state index is 12.5. The maximum Gasteiger partial charge on any atom is 0.469 e. The summed E-state index contributed by atoms with van der Waals surface area (Å²) in [6.45, 7) is 3.56. The third-order valence-electron chi connectivity index (χ3n) is 5.53. The molecule has 16 heteroatoms. The predicted octanol–water partition coefficient (Wildman–Crippen LogP) is -0.655. The molecule has 3 heterocycles. The largest absolute Gasteiger partial charge is 0.469 e. The minimum Gasteiger partial charge on any atom is -0.387 e. The average molecular weight is 518 g/mol. The molecule has 1 aliphatic rings. The van der Waals surface area contributed by atoms with E-state index in [0.29, 0.717) is 6.54 Å². The number of phosphoric ester groups is 1. The van der Waals surface area contributed by atoms with Gasteiger partial charge in [0, 0.05) is 6.54 Å². The van der Waals surface area contributed by atoms with Crippen LogP contribution in [0.25, 0.3) is 11.2 Å². The van der Waals surface area contributed by atoms with Crippen LogP contribution in [-0.2, 0) is 18.6 Å². The highest BCUT2D eigenvalue weighted by atomic mass is 31.2. The molecule has 0 aromatic carbocycles. The number of ether oxygens (including phenoxy) is 1. The van der Waals surface area contributed by atoms with E-state index in [1.807, 2.05) is 0 Å². The normalized spacial score (nSPS) is 23.5. The fourth-order valence-corrected chi connectivity index (χ4v) is 3.98. The van der Waals surface area contributed by atoms with Crippen LogP contribution in [-0.4, -0.2) is 82.9 Å². The number of nitrogens with one attached hydrogen (secondary N) is 3. The van der Waals surface area contributed by atoms with Crippen LogP contribution in [0.5, 0.6) is 0 Å². The molecule has 35 heavy (non-hydrogen) atoms. The summed E-state index contributed by atoms with van der Waals surface area (Å²) in [5, 5.41) is 26.3. The number of carbonyl (C=O) groups is 1. The van der Waals surface area contributed by atoms with E-state index in [2.05, 4.69) is 37.0 Å². The molecule has 1 amide bonds. The number of fused-ring (bicyclic) bond motifs is 1. The Morgan fingerprint density at radius 2 is 2.06 bits per heavy atom. The molecule has 0 unspecified atom stereocenters. The number of H-pyrrole nitrogens is 1. The van der Waals surface area contributed by atoms with Gasteiger partial charge in [-0.05, 0) is 13.3 Å². The number of hydrogen-bond donors (Lipinski definition) is 7. The van der Waals surface area contributed by atoms with Crippen LogP contribution >= 0.6 is 7.82 Å². The van der Waals surface area contributed by atoms with Crippen molar-refractivity contribution in [1.29, 1.82) is 0 Å². The number of unbranched alkanes of at least 4 members (excludes halogenated alkanes) is 3. The summed E-state index contributed by atoms with van der Waals surface area (Å²) in [6.07, 6.45) is -0.364. The van der Waals surface area contributed by atoms with Gasteiger partial charge in [-0.15, -0.1) is 0 Å². The number of rotatable bonds is 12. The van der Waals surface area contributed by atoms with Crippen LogP contribution in [0.2, 0.25) is 0 Å². The number of hydrogen-bond acceptors (Lipinski definition) is 10. The van der Waals surface area contributed by atoms with Gasteiger partial charge in [-0.2, -0.15) is 4.98 Å². The van der Waals surface area contributed by atoms with Crippen molar-refractivity contribution >= 4 is 30.8 Å². The fourth-order valence-electron chi connectivity index (χ4n) is 3.63. The first-order valence-corrected chi connectivity index (χ1v) is 12.8. The first kappa shape index (κ1) is 27.2. The molecule has 7 N–H and O–H groups in total. The minimum absolute atomic E-state index is 0.00349. The maximum absolute atomic E-state index is 12.5. The van der Waals surface area contributed by atoms with Gasteiger partial charge in [-0.25, -0.2) is 9.55 Å². The highest BCUT2D eigenvalue weighted by Gasteiger charge is 2.45. The van der Waals surface area contributed by atoms with Crippen LogP contribution in [0.15, 0.2) is 11.1 Å². The molecule has 0 spiro atoms. The first-order valence-electron chi connectivity index (χ1n) is 11.2. The van der Waals surface area contributed by atoms with Gasteiger partial charge in [0.05, 0.1) is 12.9 Å². The molecule has 1 aliphatic heterocycles. The quantitative estimate of drug-likeness (QED) is 0.138. The summed E-state index contributed by atoms with van der Waals surface area (Å²) in [6, 6.07) is -0.720. The van der Waals surface area contributed by atoms with E-state index in [-0.39, 0.29) is 23.0 Å². The van der Waals surface area contributed by atoms with Crippen molar-refractivity contribution in [3.05, 3.63) is 16.7 Å². The first-order chi connectivity index (χ1) is 16.5. The van der Waals surface area contributed by atoms with E-state index >= 15 is 0 Å². The molecule has 5 atom stereocenters. The smallest absolute Gasteiger partial charge is 0.387 e. The zero-order chi connectivity index (χ0) is 25.8. The third kappa shape index (κ3) is 6.85. The van der Waals surface area contributed by atoms with Crippen LogP contribution in [0.4, 0.5) is 5.95 Å². The molecule has 0 radical (unpaired) electrons. The van der Waals surface area contributed by atoms with Crippen LogP contribution in [0, 0.1) is 0 Å². The lowest BCUT2D eigenvalue weighted by atomic mass is 10.1. The molecule has 0 bridgehead atoms. The van der Waals surface area contributed by atoms with Crippen molar-refractivity contribution in [3.63, 3.8) is 0 Å². The molecule has 2 aromatic heterocycles. The summed E-state index contributed by atoms with van der Waals surface area (Å²) in [5.41, 5.74) is -0.696. The summed E-state index contributed by atoms with van der Waals surface area (Å²) >= 11 is 0. The van der Waals surface area contributed by atoms with Crippen molar-refractivity contribution in [2.45, 2.75) is 70.1 Å². The van der Waals surface area contributed by atoms with E-state index in [0.717, 1.165) is 25.7 Å². The summed E-state index contributed by atoms with van der Waals surface area (Å²) in [4.78, 5) is 53.3. The van der Waals surface area contributed by atoms with Crippen LogP contribution in [0.3, 0.4) is 0 Å². The Hall–Kier alpha value is -2.39. The topological polar surface area (TPSA) is 221 Å². The van der Waals surface area contributed by atoms with Crippen molar-refractivity contribution in [2.75, 3.05) is 18.5 Å². The van der Waals surface area contributed by atoms with Crippen LogP contribution in [0.1, 0.15) is 45.8 Å². The molecule has 196 valence electrons. The lowest BCUT2D eigenvalue weighted by Crippen LogP contribution is -2.38. The number of anilines is 1. The second-order valence-corrected chi connectivity index (χ2v) is 9.53. The Kier molecular flexibility index (Phi) is 8.99. The van der Waals surface area contributed by atoms with Gasteiger partial charge in [0.2, 0.25) is 11.9 Å². The number of nitrogens with zero attached hydrogens (tertiary/aromatic N) is 3. The Balaban J connectivity index is 1.73. The number of aromatic nitrogens is 4. The van der Waals surface area contributed by atoms with Gasteiger partial charge >= 0.3 is 7.82 Å². The summed E-state index contributed by atoms with van der Waals surface area (Å²) in [5.74, 6) is -0.296. The van der Waals surface area contributed by atoms with Gasteiger partial charge in [0.1, 0.15) is 24.4 Å². The van der Waals surface area contributed by atoms with Gasteiger partial charge < -0.3 is 35.4 Å².